The predicted molar refractivity (Wildman–Crippen MR) is 93.4 cm³/mol. The molecule has 0 bridgehead atoms. The molecule has 0 fully saturated rings. The number of halogens is 3. The quantitative estimate of drug-likeness (QED) is 0.737. The fraction of sp³-hybridized carbons (Fsp3) is 0.353. The number of carbonyl (C=O) groups excluding carboxylic acids is 2. The van der Waals surface area contributed by atoms with Crippen molar-refractivity contribution in [2.45, 2.75) is 38.0 Å². The van der Waals surface area contributed by atoms with Crippen LogP contribution in [0.1, 0.15) is 29.1 Å². The Morgan fingerprint density at radius 3 is 2.74 bits per heavy atom. The molecule has 1 atom stereocenters. The third-order valence-corrected chi connectivity index (χ3v) is 5.25. The molecule has 1 aliphatic heterocycles. The number of nitrogens with zero attached hydrogens (tertiary/aromatic N) is 1. The fourth-order valence-corrected chi connectivity index (χ4v) is 3.65. The van der Waals surface area contributed by atoms with Crippen LogP contribution in [0.4, 0.5) is 24.5 Å². The zero-order valence-electron chi connectivity index (χ0n) is 14.2. The van der Waals surface area contributed by atoms with E-state index in [2.05, 4.69) is 15.6 Å². The van der Waals surface area contributed by atoms with Gasteiger partial charge in [0.25, 0.3) is 0 Å². The Morgan fingerprint density at radius 2 is 2.11 bits per heavy atom. The predicted octanol–water partition coefficient (Wildman–Crippen LogP) is 3.11. The second-order valence-electron chi connectivity index (χ2n) is 6.30. The van der Waals surface area contributed by atoms with Crippen LogP contribution < -0.4 is 10.6 Å². The first-order chi connectivity index (χ1) is 12.6. The van der Waals surface area contributed by atoms with E-state index in [1.54, 1.807) is 12.1 Å². The van der Waals surface area contributed by atoms with E-state index in [9.17, 15) is 27.9 Å². The number of fused-ring (bicyclic) bond motifs is 1. The molecule has 1 aromatic heterocycles. The molecular formula is C17H16F3N3O3S. The van der Waals surface area contributed by atoms with Crippen molar-refractivity contribution in [3.8, 4) is 0 Å². The zero-order valence-corrected chi connectivity index (χ0v) is 15.0. The number of hydrogen-bond acceptors (Lipinski definition) is 5. The summed E-state index contributed by atoms with van der Waals surface area (Å²) >= 11 is 0.649. The number of alkyl halides is 3. The number of hydrogen-bond donors (Lipinski definition) is 3. The van der Waals surface area contributed by atoms with E-state index in [0.717, 1.165) is 5.56 Å². The summed E-state index contributed by atoms with van der Waals surface area (Å²) < 4.78 is 40.4. The molecule has 1 unspecified atom stereocenters. The highest BCUT2D eigenvalue weighted by Crippen LogP contribution is 2.43. The average molecular weight is 399 g/mol. The maximum Gasteiger partial charge on any atom is 0.424 e. The molecule has 0 saturated heterocycles. The Kier molecular flexibility index (Phi) is 4.96. The maximum absolute atomic E-state index is 13.5. The van der Waals surface area contributed by atoms with Crippen molar-refractivity contribution in [3.05, 3.63) is 39.8 Å². The van der Waals surface area contributed by atoms with Crippen molar-refractivity contribution < 1.29 is 27.9 Å². The Bertz CT molecular complexity index is 897. The van der Waals surface area contributed by atoms with Crippen molar-refractivity contribution >= 4 is 34.5 Å². The zero-order chi connectivity index (χ0) is 19.8. The van der Waals surface area contributed by atoms with Gasteiger partial charge in [-0.3, -0.25) is 9.59 Å². The summed E-state index contributed by atoms with van der Waals surface area (Å²) in [6, 6.07) is 4.64. The summed E-state index contributed by atoms with van der Waals surface area (Å²) in [4.78, 5) is 27.3. The molecule has 0 saturated carbocycles. The van der Waals surface area contributed by atoms with Crippen molar-refractivity contribution in [2.24, 2.45) is 0 Å². The highest BCUT2D eigenvalue weighted by molar-refractivity contribution is 7.09. The summed E-state index contributed by atoms with van der Waals surface area (Å²) in [5, 5.41) is 16.1. The molecule has 144 valence electrons. The Hall–Kier alpha value is -2.46. The van der Waals surface area contributed by atoms with Crippen molar-refractivity contribution in [3.63, 3.8) is 0 Å². The summed E-state index contributed by atoms with van der Waals surface area (Å²) in [5.74, 6) is -1.12. The van der Waals surface area contributed by atoms with Gasteiger partial charge in [0.15, 0.2) is 0 Å². The Morgan fingerprint density at radius 1 is 1.37 bits per heavy atom. The van der Waals surface area contributed by atoms with E-state index in [-0.39, 0.29) is 11.6 Å². The van der Waals surface area contributed by atoms with Gasteiger partial charge in [-0.2, -0.15) is 13.2 Å². The largest absolute Gasteiger partial charge is 0.424 e. The van der Waals surface area contributed by atoms with E-state index in [4.69, 9.17) is 0 Å². The van der Waals surface area contributed by atoms with E-state index in [1.165, 1.54) is 18.4 Å². The SMILES string of the molecule is Cc1csc(C(O)(CC(=O)Nc2ccc3c(c2)CCC(=O)N3)C(F)(F)F)n1. The Balaban J connectivity index is 1.78. The lowest BCUT2D eigenvalue weighted by Gasteiger charge is -2.28. The molecule has 2 aromatic rings. The summed E-state index contributed by atoms with van der Waals surface area (Å²) in [6.07, 6.45) is -5.51. The van der Waals surface area contributed by atoms with Crippen LogP contribution in [0.15, 0.2) is 23.6 Å². The van der Waals surface area contributed by atoms with Gasteiger partial charge >= 0.3 is 6.18 Å². The number of aromatic nitrogens is 1. The van der Waals surface area contributed by atoms with E-state index in [0.29, 0.717) is 35.6 Å². The third kappa shape index (κ3) is 3.96. The topological polar surface area (TPSA) is 91.3 Å². The molecule has 10 heteroatoms. The molecule has 2 amide bonds. The third-order valence-electron chi connectivity index (χ3n) is 4.14. The standard InChI is InChI=1S/C17H16F3N3O3S/c1-9-8-27-15(21-9)16(26,17(18,19)20)7-14(25)22-11-3-4-12-10(6-11)2-5-13(24)23-12/h3-4,6,8,26H,2,5,7H2,1H3,(H,22,25)(H,23,24). The van der Waals surface area contributed by atoms with Crippen LogP contribution in [0.3, 0.4) is 0 Å². The monoisotopic (exact) mass is 399 g/mol. The van der Waals surface area contributed by atoms with Crippen LogP contribution in [-0.4, -0.2) is 28.1 Å². The molecule has 6 nitrogen and oxygen atoms in total. The number of rotatable bonds is 4. The van der Waals surface area contributed by atoms with Gasteiger partial charge in [0.2, 0.25) is 17.4 Å². The van der Waals surface area contributed by atoms with Gasteiger partial charge in [-0.05, 0) is 37.1 Å². The van der Waals surface area contributed by atoms with Crippen molar-refractivity contribution in [2.75, 3.05) is 10.6 Å². The van der Waals surface area contributed by atoms with Crippen LogP contribution in [0.2, 0.25) is 0 Å². The van der Waals surface area contributed by atoms with Gasteiger partial charge in [0, 0.05) is 28.9 Å². The second-order valence-corrected chi connectivity index (χ2v) is 7.16. The van der Waals surface area contributed by atoms with Gasteiger partial charge in [-0.15, -0.1) is 11.3 Å². The normalized spacial score (nSPS) is 16.3. The molecule has 0 radical (unpaired) electrons. The van der Waals surface area contributed by atoms with E-state index < -0.39 is 29.1 Å². The molecule has 0 spiro atoms. The summed E-state index contributed by atoms with van der Waals surface area (Å²) in [7, 11) is 0. The molecular weight excluding hydrogens is 383 g/mol. The molecule has 3 N–H and O–H groups in total. The Labute approximate surface area is 156 Å². The second kappa shape index (κ2) is 6.93. The fourth-order valence-electron chi connectivity index (χ4n) is 2.74. The molecule has 27 heavy (non-hydrogen) atoms. The number of benzene rings is 1. The first-order valence-electron chi connectivity index (χ1n) is 8.03. The van der Waals surface area contributed by atoms with Crippen LogP contribution in [0.25, 0.3) is 0 Å². The van der Waals surface area contributed by atoms with Gasteiger partial charge in [0.05, 0.1) is 6.42 Å². The average Bonchev–Trinajstić information content (AvgIpc) is 3.01. The molecule has 0 aliphatic carbocycles. The number of thiazole rings is 1. The van der Waals surface area contributed by atoms with Gasteiger partial charge in [-0.1, -0.05) is 0 Å². The van der Waals surface area contributed by atoms with Gasteiger partial charge in [0.1, 0.15) is 5.01 Å². The van der Waals surface area contributed by atoms with Crippen LogP contribution >= 0.6 is 11.3 Å². The number of amides is 2. The number of nitrogens with one attached hydrogen (secondary N) is 2. The van der Waals surface area contributed by atoms with E-state index in [1.807, 2.05) is 0 Å². The highest BCUT2D eigenvalue weighted by Gasteiger charge is 2.58. The lowest BCUT2D eigenvalue weighted by Crippen LogP contribution is -2.45. The minimum absolute atomic E-state index is 0.117. The number of carbonyl (C=O) groups is 2. The lowest BCUT2D eigenvalue weighted by molar-refractivity contribution is -0.266. The van der Waals surface area contributed by atoms with Crippen molar-refractivity contribution in [1.29, 1.82) is 0 Å². The molecule has 1 aromatic carbocycles. The van der Waals surface area contributed by atoms with Crippen LogP contribution in [-0.2, 0) is 21.6 Å². The van der Waals surface area contributed by atoms with Gasteiger partial charge in [-0.25, -0.2) is 4.98 Å². The molecule has 1 aliphatic rings. The summed E-state index contributed by atoms with van der Waals surface area (Å²) in [5.41, 5.74) is -1.37. The number of anilines is 2. The van der Waals surface area contributed by atoms with E-state index >= 15 is 0 Å². The maximum atomic E-state index is 13.5. The van der Waals surface area contributed by atoms with Crippen LogP contribution in [0.5, 0.6) is 0 Å². The van der Waals surface area contributed by atoms with Crippen molar-refractivity contribution in [1.82, 2.24) is 4.98 Å². The lowest BCUT2D eigenvalue weighted by atomic mass is 9.98. The van der Waals surface area contributed by atoms with Gasteiger partial charge < -0.3 is 15.7 Å². The van der Waals surface area contributed by atoms with Crippen LogP contribution in [0, 0.1) is 6.92 Å². The molecule has 2 heterocycles. The first-order valence-corrected chi connectivity index (χ1v) is 8.91. The highest BCUT2D eigenvalue weighted by atomic mass is 32.1. The number of aryl methyl sites for hydroxylation is 2. The minimum atomic E-state index is -5.06. The summed E-state index contributed by atoms with van der Waals surface area (Å²) in [6.45, 7) is 1.50. The first kappa shape index (κ1) is 19.3. The molecule has 3 rings (SSSR count). The smallest absolute Gasteiger partial charge is 0.374 e. The number of aliphatic hydroxyl groups is 1. The minimum Gasteiger partial charge on any atom is -0.374 e.